The number of nitrogens with zero attached hydrogens (tertiary/aromatic N) is 2. The monoisotopic (exact) mass is 553 g/mol. The molecule has 0 radical (unpaired) electrons. The first-order chi connectivity index (χ1) is 19.0. The van der Waals surface area contributed by atoms with Crippen molar-refractivity contribution in [3.63, 3.8) is 0 Å². The zero-order valence-corrected chi connectivity index (χ0v) is 24.7. The molecule has 1 aromatic rings. The summed E-state index contributed by atoms with van der Waals surface area (Å²) in [5.41, 5.74) is 4.98. The van der Waals surface area contributed by atoms with Crippen molar-refractivity contribution in [2.75, 3.05) is 13.6 Å². The normalized spacial score (nSPS) is 17.4. The van der Waals surface area contributed by atoms with Gasteiger partial charge < -0.3 is 15.5 Å². The molecule has 4 amide bonds. The van der Waals surface area contributed by atoms with E-state index in [1.165, 1.54) is 9.91 Å². The van der Waals surface area contributed by atoms with E-state index in [-0.39, 0.29) is 35.6 Å². The zero-order valence-electron chi connectivity index (χ0n) is 24.7. The summed E-state index contributed by atoms with van der Waals surface area (Å²) in [6.45, 7) is 15.2. The number of hydrogen-bond acceptors (Lipinski definition) is 5. The van der Waals surface area contributed by atoms with Crippen molar-refractivity contribution in [1.82, 2.24) is 26.0 Å². The lowest BCUT2D eigenvalue weighted by Gasteiger charge is -2.36. The number of amides is 4. The number of hydrazine groups is 1. The SMILES string of the molecule is C=CCCCCC(=O)N(C)C(C(=O)N[C@@H](C)C(=O)N1CCC[C@@H](C(=O)N[C@H](C)c2cccc(C=C)c2)N1)C(C)C. The summed E-state index contributed by atoms with van der Waals surface area (Å²) in [6, 6.07) is 5.48. The second kappa shape index (κ2) is 16.0. The number of nitrogens with one attached hydrogen (secondary N) is 3. The van der Waals surface area contributed by atoms with Crippen LogP contribution in [0.25, 0.3) is 6.08 Å². The molecule has 0 saturated carbocycles. The summed E-state index contributed by atoms with van der Waals surface area (Å²) >= 11 is 0. The quantitative estimate of drug-likeness (QED) is 0.240. The third-order valence-electron chi connectivity index (χ3n) is 7.26. The molecule has 1 unspecified atom stereocenters. The summed E-state index contributed by atoms with van der Waals surface area (Å²) in [5.74, 6) is -1.15. The lowest BCUT2D eigenvalue weighted by molar-refractivity contribution is -0.145. The van der Waals surface area contributed by atoms with Gasteiger partial charge in [0.15, 0.2) is 0 Å². The van der Waals surface area contributed by atoms with Gasteiger partial charge in [-0.05, 0) is 69.1 Å². The topological polar surface area (TPSA) is 111 Å². The highest BCUT2D eigenvalue weighted by molar-refractivity contribution is 5.92. The van der Waals surface area contributed by atoms with E-state index in [4.69, 9.17) is 0 Å². The fraction of sp³-hybridized carbons (Fsp3) is 0.548. The van der Waals surface area contributed by atoms with E-state index in [2.05, 4.69) is 29.2 Å². The standard InChI is InChI=1S/C31H47N5O4/c1-8-10-11-12-18-27(37)35(7)28(21(3)4)30(39)33-23(6)31(40)36-19-14-17-26(34-36)29(38)32-22(5)25-16-13-15-24(9-2)20-25/h8-9,13,15-16,20-23,26,28,34H,1-2,10-12,14,17-19H2,3-7H3,(H,32,38)(H,33,39)/t22-,23+,26+,28?/m1/s1. The minimum absolute atomic E-state index is 0.103. The van der Waals surface area contributed by atoms with Gasteiger partial charge in [-0.15, -0.1) is 6.58 Å². The molecule has 0 spiro atoms. The summed E-state index contributed by atoms with van der Waals surface area (Å²) in [4.78, 5) is 53.7. The van der Waals surface area contributed by atoms with Crippen LogP contribution in [0.15, 0.2) is 43.5 Å². The molecule has 1 fully saturated rings. The Morgan fingerprint density at radius 1 is 1.12 bits per heavy atom. The second-order valence-electron chi connectivity index (χ2n) is 10.9. The number of benzene rings is 1. The molecular weight excluding hydrogens is 506 g/mol. The number of carbonyl (C=O) groups excluding carboxylic acids is 4. The lowest BCUT2D eigenvalue weighted by atomic mass is 10.0. The van der Waals surface area contributed by atoms with Crippen molar-refractivity contribution < 1.29 is 19.2 Å². The molecular formula is C31H47N5O4. The van der Waals surface area contributed by atoms with Crippen LogP contribution in [0.3, 0.4) is 0 Å². The molecule has 0 aromatic heterocycles. The highest BCUT2D eigenvalue weighted by atomic mass is 16.2. The summed E-state index contributed by atoms with van der Waals surface area (Å²) in [5, 5.41) is 7.23. The van der Waals surface area contributed by atoms with Gasteiger partial charge in [0.05, 0.1) is 6.04 Å². The Labute approximate surface area is 239 Å². The predicted octanol–water partition coefficient (Wildman–Crippen LogP) is 3.74. The molecule has 1 saturated heterocycles. The van der Waals surface area contributed by atoms with Crippen LogP contribution >= 0.6 is 0 Å². The van der Waals surface area contributed by atoms with Gasteiger partial charge in [-0.3, -0.25) is 24.2 Å². The van der Waals surface area contributed by atoms with Crippen molar-refractivity contribution in [1.29, 1.82) is 0 Å². The van der Waals surface area contributed by atoms with Crippen LogP contribution in [0, 0.1) is 5.92 Å². The van der Waals surface area contributed by atoms with Gasteiger partial charge in [0.25, 0.3) is 5.91 Å². The van der Waals surface area contributed by atoms with Crippen molar-refractivity contribution >= 4 is 29.7 Å². The van der Waals surface area contributed by atoms with E-state index in [0.717, 1.165) is 30.4 Å². The fourth-order valence-corrected chi connectivity index (χ4v) is 4.90. The Balaban J connectivity index is 1.96. The van der Waals surface area contributed by atoms with Crippen LogP contribution in [-0.2, 0) is 19.2 Å². The summed E-state index contributed by atoms with van der Waals surface area (Å²) in [6.07, 6.45) is 7.62. The molecule has 3 N–H and O–H groups in total. The first-order valence-corrected chi connectivity index (χ1v) is 14.3. The van der Waals surface area contributed by atoms with Crippen LogP contribution in [-0.4, -0.2) is 65.3 Å². The molecule has 1 heterocycles. The van der Waals surface area contributed by atoms with Crippen LogP contribution in [0.2, 0.25) is 0 Å². The number of likely N-dealkylation sites (N-methyl/N-ethyl adjacent to an activating group) is 1. The van der Waals surface area contributed by atoms with Gasteiger partial charge in [-0.1, -0.05) is 50.8 Å². The highest BCUT2D eigenvalue weighted by Gasteiger charge is 2.34. The molecule has 0 aliphatic carbocycles. The van der Waals surface area contributed by atoms with Gasteiger partial charge in [0.2, 0.25) is 17.7 Å². The van der Waals surface area contributed by atoms with E-state index < -0.39 is 18.1 Å². The molecule has 4 atom stereocenters. The number of hydrogen-bond donors (Lipinski definition) is 3. The van der Waals surface area contributed by atoms with Gasteiger partial charge >= 0.3 is 0 Å². The van der Waals surface area contributed by atoms with Crippen molar-refractivity contribution in [3.8, 4) is 0 Å². The van der Waals surface area contributed by atoms with E-state index in [1.54, 1.807) is 20.0 Å². The average molecular weight is 554 g/mol. The molecule has 220 valence electrons. The first kappa shape index (κ1) is 32.8. The second-order valence-corrected chi connectivity index (χ2v) is 10.9. The smallest absolute Gasteiger partial charge is 0.258 e. The number of rotatable bonds is 14. The minimum atomic E-state index is -0.834. The van der Waals surface area contributed by atoms with E-state index >= 15 is 0 Å². The Kier molecular flexibility index (Phi) is 13.1. The lowest BCUT2D eigenvalue weighted by Crippen LogP contribution is -2.62. The van der Waals surface area contributed by atoms with Crippen LogP contribution < -0.4 is 16.1 Å². The Morgan fingerprint density at radius 3 is 2.50 bits per heavy atom. The average Bonchev–Trinajstić information content (AvgIpc) is 2.94. The fourth-order valence-electron chi connectivity index (χ4n) is 4.90. The number of carbonyl (C=O) groups is 4. The molecule has 9 nitrogen and oxygen atoms in total. The van der Waals surface area contributed by atoms with E-state index in [9.17, 15) is 19.2 Å². The van der Waals surface area contributed by atoms with Crippen LogP contribution in [0.4, 0.5) is 0 Å². The Bertz CT molecular complexity index is 1060. The van der Waals surface area contributed by atoms with Gasteiger partial charge in [-0.25, -0.2) is 5.43 Å². The van der Waals surface area contributed by atoms with Crippen LogP contribution in [0.1, 0.15) is 83.4 Å². The van der Waals surface area contributed by atoms with Gasteiger partial charge in [0, 0.05) is 20.0 Å². The maximum Gasteiger partial charge on any atom is 0.258 e. The van der Waals surface area contributed by atoms with Crippen molar-refractivity contribution in [2.24, 2.45) is 5.92 Å². The minimum Gasteiger partial charge on any atom is -0.348 e. The molecule has 2 rings (SSSR count). The Hall–Kier alpha value is -3.46. The maximum atomic E-state index is 13.2. The van der Waals surface area contributed by atoms with E-state index in [1.807, 2.05) is 51.1 Å². The third kappa shape index (κ3) is 9.33. The highest BCUT2D eigenvalue weighted by Crippen LogP contribution is 2.17. The first-order valence-electron chi connectivity index (χ1n) is 14.3. The summed E-state index contributed by atoms with van der Waals surface area (Å²) < 4.78 is 0. The largest absolute Gasteiger partial charge is 0.348 e. The van der Waals surface area contributed by atoms with E-state index in [0.29, 0.717) is 25.8 Å². The molecule has 0 bridgehead atoms. The molecule has 40 heavy (non-hydrogen) atoms. The van der Waals surface area contributed by atoms with Gasteiger partial charge in [0.1, 0.15) is 18.1 Å². The molecule has 9 heteroatoms. The molecule has 1 aromatic carbocycles. The Morgan fingerprint density at radius 2 is 1.85 bits per heavy atom. The van der Waals surface area contributed by atoms with Crippen molar-refractivity contribution in [3.05, 3.63) is 54.6 Å². The number of unbranched alkanes of at least 4 members (excludes halogenated alkanes) is 2. The van der Waals surface area contributed by atoms with Gasteiger partial charge in [-0.2, -0.15) is 0 Å². The van der Waals surface area contributed by atoms with Crippen LogP contribution in [0.5, 0.6) is 0 Å². The summed E-state index contributed by atoms with van der Waals surface area (Å²) in [7, 11) is 1.64. The third-order valence-corrected chi connectivity index (χ3v) is 7.26. The molecule has 1 aliphatic heterocycles. The predicted molar refractivity (Wildman–Crippen MR) is 159 cm³/mol. The maximum absolute atomic E-state index is 13.2. The van der Waals surface area contributed by atoms with Crippen molar-refractivity contribution in [2.45, 2.75) is 90.4 Å². The number of allylic oxidation sites excluding steroid dienone is 1. The molecule has 1 aliphatic rings. The zero-order chi connectivity index (χ0) is 29.8.